The molecule has 3 rings (SSSR count). The van der Waals surface area contributed by atoms with Gasteiger partial charge >= 0.3 is 0 Å². The van der Waals surface area contributed by atoms with E-state index in [1.165, 1.54) is 36.4 Å². The van der Waals surface area contributed by atoms with Gasteiger partial charge in [0.25, 0.3) is 10.0 Å². The Morgan fingerprint density at radius 1 is 1.00 bits per heavy atom. The maximum Gasteiger partial charge on any atom is 0.261 e. The maximum atomic E-state index is 12.6. The smallest absolute Gasteiger partial charge is 0.261 e. The summed E-state index contributed by atoms with van der Waals surface area (Å²) in [5.74, 6) is 0.637. The normalized spacial score (nSPS) is 12.1. The molecule has 1 aromatic heterocycles. The van der Waals surface area contributed by atoms with Gasteiger partial charge in [0.05, 0.1) is 9.79 Å². The molecular formula is C15H14N4O5S2. The zero-order valence-electron chi connectivity index (χ0n) is 13.4. The van der Waals surface area contributed by atoms with E-state index in [0.29, 0.717) is 11.5 Å². The van der Waals surface area contributed by atoms with Crippen LogP contribution in [0, 0.1) is 6.92 Å². The van der Waals surface area contributed by atoms with Gasteiger partial charge in [0.15, 0.2) is 0 Å². The Bertz CT molecular complexity index is 1150. The molecule has 0 bridgehead atoms. The third kappa shape index (κ3) is 3.90. The van der Waals surface area contributed by atoms with E-state index in [1.807, 2.05) is 0 Å². The number of nitrogens with two attached hydrogens (primary N) is 1. The highest BCUT2D eigenvalue weighted by atomic mass is 32.2. The molecule has 0 fully saturated rings. The van der Waals surface area contributed by atoms with Gasteiger partial charge in [-0.2, -0.15) is 4.98 Å². The van der Waals surface area contributed by atoms with Gasteiger partial charge in [-0.1, -0.05) is 17.3 Å². The second-order valence-corrected chi connectivity index (χ2v) is 8.58. The summed E-state index contributed by atoms with van der Waals surface area (Å²) in [6, 6.07) is 11.1. The van der Waals surface area contributed by atoms with Crippen LogP contribution in [0.4, 0.5) is 5.69 Å². The fraction of sp³-hybridized carbons (Fsp3) is 0.0667. The molecule has 0 aliphatic heterocycles. The summed E-state index contributed by atoms with van der Waals surface area (Å²) < 4.78 is 54.9. The number of nitrogens with zero attached hydrogens (tertiary/aromatic N) is 2. The molecule has 11 heteroatoms. The number of sulfonamides is 2. The van der Waals surface area contributed by atoms with Crippen LogP contribution in [0.1, 0.15) is 5.89 Å². The van der Waals surface area contributed by atoms with Crippen LogP contribution in [0.3, 0.4) is 0 Å². The number of primary sulfonamides is 1. The molecule has 0 radical (unpaired) electrons. The van der Waals surface area contributed by atoms with Crippen molar-refractivity contribution in [3.8, 4) is 11.4 Å². The van der Waals surface area contributed by atoms with Crippen LogP contribution in [-0.4, -0.2) is 27.0 Å². The quantitative estimate of drug-likeness (QED) is 0.666. The monoisotopic (exact) mass is 394 g/mol. The van der Waals surface area contributed by atoms with Crippen LogP contribution in [-0.2, 0) is 20.0 Å². The van der Waals surface area contributed by atoms with Gasteiger partial charge < -0.3 is 4.52 Å². The molecule has 26 heavy (non-hydrogen) atoms. The highest BCUT2D eigenvalue weighted by molar-refractivity contribution is 7.92. The second-order valence-electron chi connectivity index (χ2n) is 5.34. The lowest BCUT2D eigenvalue weighted by Gasteiger charge is -2.09. The fourth-order valence-corrected chi connectivity index (χ4v) is 3.77. The van der Waals surface area contributed by atoms with E-state index in [-0.39, 0.29) is 21.3 Å². The van der Waals surface area contributed by atoms with Crippen LogP contribution in [0.5, 0.6) is 0 Å². The van der Waals surface area contributed by atoms with E-state index in [0.717, 1.165) is 0 Å². The Kier molecular flexibility index (Phi) is 4.52. The van der Waals surface area contributed by atoms with Crippen LogP contribution in [0.25, 0.3) is 11.4 Å². The largest absolute Gasteiger partial charge is 0.339 e. The van der Waals surface area contributed by atoms with Crippen molar-refractivity contribution in [3.63, 3.8) is 0 Å². The Labute approximate surface area is 150 Å². The van der Waals surface area contributed by atoms with Crippen LogP contribution in [0.2, 0.25) is 0 Å². The first-order valence-electron chi connectivity index (χ1n) is 7.21. The number of hydrogen-bond acceptors (Lipinski definition) is 7. The predicted molar refractivity (Wildman–Crippen MR) is 93.1 cm³/mol. The highest BCUT2D eigenvalue weighted by Crippen LogP contribution is 2.22. The fourth-order valence-electron chi connectivity index (χ4n) is 2.15. The molecule has 0 spiro atoms. The third-order valence-corrected chi connectivity index (χ3v) is 5.67. The molecule has 0 saturated heterocycles. The molecule has 0 amide bonds. The van der Waals surface area contributed by atoms with Crippen LogP contribution >= 0.6 is 0 Å². The third-order valence-electron chi connectivity index (χ3n) is 3.37. The van der Waals surface area contributed by atoms with Crippen molar-refractivity contribution in [2.45, 2.75) is 16.7 Å². The van der Waals surface area contributed by atoms with Gasteiger partial charge in [0.2, 0.25) is 21.7 Å². The minimum Gasteiger partial charge on any atom is -0.339 e. The molecule has 136 valence electrons. The first-order valence-corrected chi connectivity index (χ1v) is 10.2. The first kappa shape index (κ1) is 18.0. The molecule has 0 atom stereocenters. The molecule has 1 heterocycles. The lowest BCUT2D eigenvalue weighted by Crippen LogP contribution is -2.14. The Morgan fingerprint density at radius 3 is 2.27 bits per heavy atom. The summed E-state index contributed by atoms with van der Waals surface area (Å²) in [6.07, 6.45) is 0. The minimum absolute atomic E-state index is 0.00650. The summed E-state index contributed by atoms with van der Waals surface area (Å²) in [7, 11) is -7.75. The highest BCUT2D eigenvalue weighted by Gasteiger charge is 2.17. The number of aryl methyl sites for hydroxylation is 1. The van der Waals surface area contributed by atoms with Gasteiger partial charge in [-0.05, 0) is 36.4 Å². The van der Waals surface area contributed by atoms with Crippen LogP contribution < -0.4 is 9.86 Å². The first-order chi connectivity index (χ1) is 12.1. The standard InChI is InChI=1S/C15H14N4O5S2/c1-10-17-15(18-24-10)11-3-2-4-14(9-11)26(22,23)19-12-5-7-13(8-6-12)25(16,20)21/h2-9,19H,1H3,(H2,16,20,21). The second kappa shape index (κ2) is 6.52. The number of nitrogens with one attached hydrogen (secondary N) is 1. The summed E-state index contributed by atoms with van der Waals surface area (Å²) in [4.78, 5) is 3.94. The molecule has 0 aliphatic carbocycles. The number of benzene rings is 2. The molecule has 0 unspecified atom stereocenters. The Morgan fingerprint density at radius 2 is 1.69 bits per heavy atom. The summed E-state index contributed by atoms with van der Waals surface area (Å²) in [5.41, 5.74) is 0.674. The van der Waals surface area contributed by atoms with Crippen molar-refractivity contribution >= 4 is 25.7 Å². The number of aromatic nitrogens is 2. The van der Waals surface area contributed by atoms with E-state index in [2.05, 4.69) is 14.9 Å². The Hall–Kier alpha value is -2.76. The van der Waals surface area contributed by atoms with Crippen molar-refractivity contribution in [2.75, 3.05) is 4.72 Å². The summed E-state index contributed by atoms with van der Waals surface area (Å²) in [5, 5.41) is 8.77. The zero-order valence-corrected chi connectivity index (χ0v) is 15.1. The van der Waals surface area contributed by atoms with E-state index in [4.69, 9.17) is 9.66 Å². The van der Waals surface area contributed by atoms with E-state index in [1.54, 1.807) is 19.1 Å². The van der Waals surface area contributed by atoms with Crippen LogP contribution in [0.15, 0.2) is 62.8 Å². The molecule has 0 aliphatic rings. The van der Waals surface area contributed by atoms with E-state index in [9.17, 15) is 16.8 Å². The average molecular weight is 394 g/mol. The van der Waals surface area contributed by atoms with Crippen molar-refractivity contribution in [1.82, 2.24) is 10.1 Å². The molecule has 3 N–H and O–H groups in total. The molecule has 9 nitrogen and oxygen atoms in total. The van der Waals surface area contributed by atoms with Gasteiger partial charge in [0.1, 0.15) is 0 Å². The minimum atomic E-state index is -3.90. The summed E-state index contributed by atoms with van der Waals surface area (Å²) in [6.45, 7) is 1.63. The Balaban J connectivity index is 1.89. The number of hydrogen-bond donors (Lipinski definition) is 2. The lowest BCUT2D eigenvalue weighted by molar-refractivity contribution is 0.394. The molecule has 3 aromatic rings. The SMILES string of the molecule is Cc1nc(-c2cccc(S(=O)(=O)Nc3ccc(S(N)(=O)=O)cc3)c2)no1. The van der Waals surface area contributed by atoms with E-state index >= 15 is 0 Å². The van der Waals surface area contributed by atoms with Gasteiger partial charge in [0, 0.05) is 18.2 Å². The number of rotatable bonds is 5. The summed E-state index contributed by atoms with van der Waals surface area (Å²) >= 11 is 0. The van der Waals surface area contributed by atoms with Gasteiger partial charge in [-0.3, -0.25) is 4.72 Å². The van der Waals surface area contributed by atoms with Crippen molar-refractivity contribution < 1.29 is 21.4 Å². The van der Waals surface area contributed by atoms with Gasteiger partial charge in [-0.15, -0.1) is 0 Å². The van der Waals surface area contributed by atoms with Gasteiger partial charge in [-0.25, -0.2) is 22.0 Å². The van der Waals surface area contributed by atoms with Crippen molar-refractivity contribution in [3.05, 3.63) is 54.4 Å². The zero-order chi connectivity index (χ0) is 18.9. The van der Waals surface area contributed by atoms with E-state index < -0.39 is 20.0 Å². The molecular weight excluding hydrogens is 380 g/mol. The molecule has 2 aromatic carbocycles. The van der Waals surface area contributed by atoms with Crippen molar-refractivity contribution in [1.29, 1.82) is 0 Å². The number of anilines is 1. The lowest BCUT2D eigenvalue weighted by atomic mass is 10.2. The predicted octanol–water partition coefficient (Wildman–Crippen LogP) is 1.49. The maximum absolute atomic E-state index is 12.6. The topological polar surface area (TPSA) is 145 Å². The van der Waals surface area contributed by atoms with Crippen molar-refractivity contribution in [2.24, 2.45) is 5.14 Å². The average Bonchev–Trinajstić information content (AvgIpc) is 3.01. The molecule has 0 saturated carbocycles.